The maximum atomic E-state index is 6.08. The molecule has 0 atom stereocenters. The van der Waals surface area contributed by atoms with E-state index in [0.717, 1.165) is 26.8 Å². The molecule has 0 unspecified atom stereocenters. The van der Waals surface area contributed by atoms with Crippen LogP contribution >= 0.6 is 15.9 Å². The van der Waals surface area contributed by atoms with Crippen molar-refractivity contribution in [3.8, 4) is 0 Å². The summed E-state index contributed by atoms with van der Waals surface area (Å²) >= 11 is 3.47. The number of fused-ring (bicyclic) bond motifs is 1. The van der Waals surface area contributed by atoms with Crippen molar-refractivity contribution < 1.29 is 0 Å². The van der Waals surface area contributed by atoms with E-state index in [9.17, 15) is 0 Å². The van der Waals surface area contributed by atoms with Gasteiger partial charge in [0.25, 0.3) is 0 Å². The number of nitrogens with two attached hydrogens (primary N) is 1. The molecule has 0 aliphatic heterocycles. The van der Waals surface area contributed by atoms with Crippen LogP contribution in [0.2, 0.25) is 0 Å². The Bertz CT molecular complexity index is 619. The van der Waals surface area contributed by atoms with Gasteiger partial charge in [-0.15, -0.1) is 0 Å². The number of rotatable bonds is 2. The number of anilines is 2. The Balaban J connectivity index is 1.87. The van der Waals surface area contributed by atoms with Crippen molar-refractivity contribution in [3.63, 3.8) is 0 Å². The minimum atomic E-state index is 0.558. The maximum Gasteiger partial charge on any atom is 0.0954 e. The second-order valence-corrected chi connectivity index (χ2v) is 6.85. The SMILES string of the molecule is Nc1ccc(NC2CCCCCCC2)c2ncc(Br)cc12. The average Bonchev–Trinajstić information content (AvgIpc) is 2.44. The first-order valence-corrected chi connectivity index (χ1v) is 8.63. The third-order valence-corrected chi connectivity index (χ3v) is 4.75. The largest absolute Gasteiger partial charge is 0.398 e. The zero-order chi connectivity index (χ0) is 14.7. The van der Waals surface area contributed by atoms with Crippen LogP contribution in [0, 0.1) is 0 Å². The lowest BCUT2D eigenvalue weighted by Gasteiger charge is -2.23. The summed E-state index contributed by atoms with van der Waals surface area (Å²) in [6.07, 6.45) is 11.1. The van der Waals surface area contributed by atoms with E-state index in [-0.39, 0.29) is 0 Å². The molecule has 3 rings (SSSR count). The standard InChI is InChI=1S/C17H22BrN3/c18-12-10-14-15(19)8-9-16(17(14)20-11-12)21-13-6-4-2-1-3-5-7-13/h8-11,13,21H,1-7,19H2. The molecule has 2 aromatic rings. The monoisotopic (exact) mass is 347 g/mol. The van der Waals surface area contributed by atoms with Crippen molar-refractivity contribution in [2.75, 3.05) is 11.1 Å². The summed E-state index contributed by atoms with van der Waals surface area (Å²) < 4.78 is 0.963. The van der Waals surface area contributed by atoms with Crippen molar-refractivity contribution >= 4 is 38.2 Å². The minimum absolute atomic E-state index is 0.558. The Morgan fingerprint density at radius 2 is 1.81 bits per heavy atom. The smallest absolute Gasteiger partial charge is 0.0954 e. The van der Waals surface area contributed by atoms with Crippen molar-refractivity contribution in [1.29, 1.82) is 0 Å². The molecule has 1 fully saturated rings. The first-order valence-electron chi connectivity index (χ1n) is 7.84. The predicted octanol–water partition coefficient (Wildman–Crippen LogP) is 5.10. The summed E-state index contributed by atoms with van der Waals surface area (Å²) in [4.78, 5) is 4.56. The lowest BCUT2D eigenvalue weighted by atomic mass is 9.96. The minimum Gasteiger partial charge on any atom is -0.398 e. The molecule has 1 heterocycles. The van der Waals surface area contributed by atoms with E-state index >= 15 is 0 Å². The molecule has 0 saturated heterocycles. The van der Waals surface area contributed by atoms with Crippen LogP contribution in [0.25, 0.3) is 10.9 Å². The fourth-order valence-electron chi connectivity index (χ4n) is 3.15. The third kappa shape index (κ3) is 3.49. The number of nitrogen functional groups attached to an aromatic ring is 1. The van der Waals surface area contributed by atoms with E-state index in [0.29, 0.717) is 6.04 Å². The molecule has 0 amide bonds. The number of nitrogens with zero attached hydrogens (tertiary/aromatic N) is 1. The van der Waals surface area contributed by atoms with Gasteiger partial charge in [-0.05, 0) is 47.0 Å². The number of pyridine rings is 1. The van der Waals surface area contributed by atoms with E-state index in [1.807, 2.05) is 18.3 Å². The molecule has 1 aromatic heterocycles. The van der Waals surface area contributed by atoms with Crippen molar-refractivity contribution in [2.45, 2.75) is 51.0 Å². The Labute approximate surface area is 134 Å². The van der Waals surface area contributed by atoms with E-state index < -0.39 is 0 Å². The molecule has 3 nitrogen and oxygen atoms in total. The first kappa shape index (κ1) is 14.6. The summed E-state index contributed by atoms with van der Waals surface area (Å²) in [5, 5.41) is 4.72. The second-order valence-electron chi connectivity index (χ2n) is 5.94. The quantitative estimate of drug-likeness (QED) is 0.742. The molecule has 1 aliphatic rings. The van der Waals surface area contributed by atoms with Gasteiger partial charge < -0.3 is 11.1 Å². The number of aromatic nitrogens is 1. The summed E-state index contributed by atoms with van der Waals surface area (Å²) in [7, 11) is 0. The van der Waals surface area contributed by atoms with Gasteiger partial charge in [-0.3, -0.25) is 4.98 Å². The lowest BCUT2D eigenvalue weighted by Crippen LogP contribution is -2.20. The van der Waals surface area contributed by atoms with Crippen LogP contribution in [-0.2, 0) is 0 Å². The number of halogens is 1. The van der Waals surface area contributed by atoms with Gasteiger partial charge in [0.15, 0.2) is 0 Å². The summed E-state index contributed by atoms with van der Waals surface area (Å²) in [5.41, 5.74) is 8.94. The van der Waals surface area contributed by atoms with Crippen molar-refractivity contribution in [2.24, 2.45) is 0 Å². The van der Waals surface area contributed by atoms with Gasteiger partial charge >= 0.3 is 0 Å². The topological polar surface area (TPSA) is 50.9 Å². The molecular weight excluding hydrogens is 326 g/mol. The molecule has 21 heavy (non-hydrogen) atoms. The van der Waals surface area contributed by atoms with E-state index in [4.69, 9.17) is 5.73 Å². The van der Waals surface area contributed by atoms with Crippen LogP contribution in [0.5, 0.6) is 0 Å². The number of hydrogen-bond donors (Lipinski definition) is 2. The highest BCUT2D eigenvalue weighted by Crippen LogP contribution is 2.30. The second kappa shape index (κ2) is 6.65. The van der Waals surface area contributed by atoms with Gasteiger partial charge in [0.05, 0.1) is 11.2 Å². The zero-order valence-corrected chi connectivity index (χ0v) is 13.8. The van der Waals surface area contributed by atoms with E-state index in [2.05, 4.69) is 32.3 Å². The molecule has 1 saturated carbocycles. The Hall–Kier alpha value is -1.29. The number of benzene rings is 1. The molecule has 112 valence electrons. The third-order valence-electron chi connectivity index (χ3n) is 4.31. The zero-order valence-electron chi connectivity index (χ0n) is 12.2. The van der Waals surface area contributed by atoms with Crippen LogP contribution in [0.4, 0.5) is 11.4 Å². The fourth-order valence-corrected chi connectivity index (χ4v) is 3.48. The number of hydrogen-bond acceptors (Lipinski definition) is 3. The molecule has 1 aromatic carbocycles. The van der Waals surface area contributed by atoms with Crippen molar-refractivity contribution in [3.05, 3.63) is 28.9 Å². The summed E-state index contributed by atoms with van der Waals surface area (Å²) in [6.45, 7) is 0. The molecule has 0 bridgehead atoms. The molecule has 3 N–H and O–H groups in total. The van der Waals surface area contributed by atoms with Gasteiger partial charge in [0.2, 0.25) is 0 Å². The summed E-state index contributed by atoms with van der Waals surface area (Å²) in [5.74, 6) is 0. The van der Waals surface area contributed by atoms with Gasteiger partial charge in [-0.1, -0.05) is 32.1 Å². The van der Waals surface area contributed by atoms with Crippen LogP contribution in [0.3, 0.4) is 0 Å². The highest BCUT2D eigenvalue weighted by atomic mass is 79.9. The summed E-state index contributed by atoms with van der Waals surface area (Å²) in [6, 6.07) is 6.64. The molecule has 0 spiro atoms. The van der Waals surface area contributed by atoms with E-state index in [1.165, 1.54) is 44.9 Å². The normalized spacial score (nSPS) is 17.4. The highest BCUT2D eigenvalue weighted by molar-refractivity contribution is 9.10. The Morgan fingerprint density at radius 1 is 1.10 bits per heavy atom. The first-order chi connectivity index (χ1) is 10.2. The number of nitrogens with one attached hydrogen (secondary N) is 1. The maximum absolute atomic E-state index is 6.08. The van der Waals surface area contributed by atoms with Crippen LogP contribution in [0.15, 0.2) is 28.9 Å². The van der Waals surface area contributed by atoms with Gasteiger partial charge in [0, 0.05) is 27.8 Å². The van der Waals surface area contributed by atoms with Crippen molar-refractivity contribution in [1.82, 2.24) is 4.98 Å². The molecule has 0 radical (unpaired) electrons. The molecule has 4 heteroatoms. The van der Waals surface area contributed by atoms with Crippen LogP contribution < -0.4 is 11.1 Å². The van der Waals surface area contributed by atoms with Crippen LogP contribution in [-0.4, -0.2) is 11.0 Å². The van der Waals surface area contributed by atoms with Gasteiger partial charge in [-0.25, -0.2) is 0 Å². The van der Waals surface area contributed by atoms with Gasteiger partial charge in [-0.2, -0.15) is 0 Å². The predicted molar refractivity (Wildman–Crippen MR) is 93.6 cm³/mol. The fraction of sp³-hybridized carbons (Fsp3) is 0.471. The highest BCUT2D eigenvalue weighted by Gasteiger charge is 2.13. The Morgan fingerprint density at radius 3 is 2.57 bits per heavy atom. The Kier molecular flexibility index (Phi) is 4.63. The van der Waals surface area contributed by atoms with Crippen LogP contribution in [0.1, 0.15) is 44.9 Å². The molecule has 1 aliphatic carbocycles. The molecular formula is C17H22BrN3. The van der Waals surface area contributed by atoms with Gasteiger partial charge in [0.1, 0.15) is 0 Å². The lowest BCUT2D eigenvalue weighted by molar-refractivity contribution is 0.471. The van der Waals surface area contributed by atoms with E-state index in [1.54, 1.807) is 0 Å². The average molecular weight is 348 g/mol.